The molecule has 10 heteroatoms. The van der Waals surface area contributed by atoms with Gasteiger partial charge >= 0.3 is 0 Å². The Hall–Kier alpha value is -3.26. The molecule has 1 spiro atoms. The number of nitrogens with zero attached hydrogens (tertiary/aromatic N) is 4. The number of aryl methyl sites for hydroxylation is 1. The van der Waals surface area contributed by atoms with Crippen molar-refractivity contribution in [2.75, 3.05) is 30.3 Å². The van der Waals surface area contributed by atoms with E-state index < -0.39 is 11.9 Å². The standard InChI is InChI=1S/C25H24FN7OS.C3H8.C2H6/c1-12-18(21-19-13(6-27)23(28)35-22(19)17(26)8-29-21)16-10-34-9-15(16)14-7-30-24(32-20(12)14)33-5-3-25(11-33)2-4-31-25;1-3-2;1-2/h7-8,21,29,31H,2-5,9-11,28H2,1H3;3H2,1-2H3;1-2H3. The first-order chi connectivity index (χ1) is 19.4. The van der Waals surface area contributed by atoms with Crippen LogP contribution < -0.4 is 21.3 Å². The first-order valence-corrected chi connectivity index (χ1v) is 15.1. The molecule has 4 aliphatic rings. The number of aromatic nitrogens is 2. The van der Waals surface area contributed by atoms with E-state index in [0.717, 1.165) is 76.5 Å². The molecule has 0 amide bonds. The van der Waals surface area contributed by atoms with Crippen LogP contribution in [0, 0.1) is 18.3 Å². The van der Waals surface area contributed by atoms with Crippen molar-refractivity contribution in [2.45, 2.75) is 78.7 Å². The SMILES string of the molecule is CC.CCC.Cc1c(C2NC=C(F)c3sc(N)c(C#N)c32)c2c(c3cnc(N4CCC5(CCN5)C4)nc13)COC2. The number of nitrogens with two attached hydrogens (primary N) is 1. The summed E-state index contributed by atoms with van der Waals surface area (Å²) >= 11 is 1.12. The zero-order valence-electron chi connectivity index (χ0n) is 23.9. The van der Waals surface area contributed by atoms with Crippen molar-refractivity contribution in [1.82, 2.24) is 20.6 Å². The van der Waals surface area contributed by atoms with Gasteiger partial charge in [-0.25, -0.2) is 14.4 Å². The Labute approximate surface area is 239 Å². The number of fused-ring (bicyclic) bond motifs is 4. The van der Waals surface area contributed by atoms with Crippen LogP contribution in [0.15, 0.2) is 12.4 Å². The number of thiophene rings is 1. The normalized spacial score (nSPS) is 22.2. The fourth-order valence-corrected chi connectivity index (χ4v) is 7.08. The van der Waals surface area contributed by atoms with Gasteiger partial charge in [-0.05, 0) is 48.6 Å². The van der Waals surface area contributed by atoms with Crippen LogP contribution in [-0.4, -0.2) is 35.1 Å². The highest BCUT2D eigenvalue weighted by atomic mass is 32.1. The molecule has 7 rings (SSSR count). The Kier molecular flexibility index (Phi) is 8.00. The molecule has 0 aliphatic carbocycles. The van der Waals surface area contributed by atoms with E-state index in [9.17, 15) is 9.65 Å². The number of halogens is 1. The minimum absolute atomic E-state index is 0.204. The van der Waals surface area contributed by atoms with E-state index in [2.05, 4.69) is 35.5 Å². The second kappa shape index (κ2) is 11.3. The van der Waals surface area contributed by atoms with E-state index in [1.807, 2.05) is 27.0 Å². The summed E-state index contributed by atoms with van der Waals surface area (Å²) in [5.74, 6) is 0.328. The molecule has 2 saturated heterocycles. The smallest absolute Gasteiger partial charge is 0.225 e. The lowest BCUT2D eigenvalue weighted by Gasteiger charge is -2.39. The molecule has 2 atom stereocenters. The van der Waals surface area contributed by atoms with Crippen LogP contribution in [0.5, 0.6) is 0 Å². The van der Waals surface area contributed by atoms with Crippen molar-refractivity contribution in [1.29, 1.82) is 5.26 Å². The van der Waals surface area contributed by atoms with Gasteiger partial charge in [0.25, 0.3) is 0 Å². The van der Waals surface area contributed by atoms with Crippen molar-refractivity contribution in [3.8, 4) is 6.07 Å². The summed E-state index contributed by atoms with van der Waals surface area (Å²) in [4.78, 5) is 12.5. The lowest BCUT2D eigenvalue weighted by molar-refractivity contribution is 0.134. The Bertz CT molecular complexity index is 1500. The third-order valence-electron chi connectivity index (χ3n) is 8.04. The largest absolute Gasteiger partial charge is 0.389 e. The fraction of sp³-hybridized carbons (Fsp3) is 0.500. The lowest BCUT2D eigenvalue weighted by Crippen LogP contribution is -2.58. The van der Waals surface area contributed by atoms with Gasteiger partial charge in [-0.2, -0.15) is 5.26 Å². The molecule has 4 N–H and O–H groups in total. The Morgan fingerprint density at radius 2 is 1.98 bits per heavy atom. The number of nitrogens with one attached hydrogen (secondary N) is 2. The fourth-order valence-electron chi connectivity index (χ4n) is 6.12. The van der Waals surface area contributed by atoms with Crippen molar-refractivity contribution >= 4 is 39.0 Å². The van der Waals surface area contributed by atoms with E-state index >= 15 is 0 Å². The van der Waals surface area contributed by atoms with E-state index in [4.69, 9.17) is 20.4 Å². The van der Waals surface area contributed by atoms with Crippen LogP contribution in [0.2, 0.25) is 0 Å². The molecule has 6 heterocycles. The molecule has 212 valence electrons. The van der Waals surface area contributed by atoms with Gasteiger partial charge < -0.3 is 26.0 Å². The summed E-state index contributed by atoms with van der Waals surface area (Å²) < 4.78 is 20.6. The molecule has 40 heavy (non-hydrogen) atoms. The number of hydrogen-bond acceptors (Lipinski definition) is 9. The van der Waals surface area contributed by atoms with E-state index in [0.29, 0.717) is 34.2 Å². The molecule has 2 unspecified atom stereocenters. The maximum absolute atomic E-state index is 14.7. The van der Waals surface area contributed by atoms with Gasteiger partial charge in [0.15, 0.2) is 5.83 Å². The summed E-state index contributed by atoms with van der Waals surface area (Å²) in [6, 6.07) is 1.78. The Morgan fingerprint density at radius 3 is 2.62 bits per heavy atom. The molecule has 8 nitrogen and oxygen atoms in total. The number of hydrogen-bond donors (Lipinski definition) is 3. The minimum atomic E-state index is -0.416. The first-order valence-electron chi connectivity index (χ1n) is 14.2. The third-order valence-corrected chi connectivity index (χ3v) is 9.08. The van der Waals surface area contributed by atoms with Gasteiger partial charge in [-0.15, -0.1) is 11.3 Å². The molecule has 1 aromatic carbocycles. The van der Waals surface area contributed by atoms with Crippen LogP contribution in [0.1, 0.15) is 91.3 Å². The number of nitriles is 1. The van der Waals surface area contributed by atoms with Crippen LogP contribution in [0.25, 0.3) is 16.7 Å². The van der Waals surface area contributed by atoms with Crippen LogP contribution in [-0.2, 0) is 18.0 Å². The van der Waals surface area contributed by atoms with E-state index in [1.54, 1.807) is 0 Å². The lowest BCUT2D eigenvalue weighted by atomic mass is 9.85. The summed E-state index contributed by atoms with van der Waals surface area (Å²) in [6.07, 6.45) is 6.83. The Balaban J connectivity index is 0.000000607. The average molecular weight is 564 g/mol. The maximum Gasteiger partial charge on any atom is 0.225 e. The van der Waals surface area contributed by atoms with Crippen molar-refractivity contribution < 1.29 is 9.13 Å². The topological polar surface area (TPSA) is 112 Å². The molecular formula is C30H38FN7OS. The maximum atomic E-state index is 14.7. The highest BCUT2D eigenvalue weighted by Gasteiger charge is 2.43. The summed E-state index contributed by atoms with van der Waals surface area (Å²) in [7, 11) is 0. The predicted octanol–water partition coefficient (Wildman–Crippen LogP) is 5.83. The van der Waals surface area contributed by atoms with Crippen molar-refractivity contribution in [3.63, 3.8) is 0 Å². The molecule has 3 aromatic rings. The number of anilines is 2. The van der Waals surface area contributed by atoms with Crippen LogP contribution >= 0.6 is 11.3 Å². The zero-order chi connectivity index (χ0) is 28.6. The summed E-state index contributed by atoms with van der Waals surface area (Å²) in [5.41, 5.74) is 12.2. The van der Waals surface area contributed by atoms with Crippen LogP contribution in [0.3, 0.4) is 0 Å². The minimum Gasteiger partial charge on any atom is -0.389 e. The second-order valence-corrected chi connectivity index (χ2v) is 11.6. The second-order valence-electron chi connectivity index (χ2n) is 10.5. The molecular weight excluding hydrogens is 525 g/mol. The van der Waals surface area contributed by atoms with E-state index in [-0.39, 0.29) is 5.54 Å². The van der Waals surface area contributed by atoms with Crippen LogP contribution in [0.4, 0.5) is 15.3 Å². The highest BCUT2D eigenvalue weighted by molar-refractivity contribution is 7.17. The molecule has 2 aromatic heterocycles. The van der Waals surface area contributed by atoms with Crippen molar-refractivity contribution in [3.05, 3.63) is 50.7 Å². The molecule has 0 bridgehead atoms. The number of rotatable bonds is 2. The van der Waals surface area contributed by atoms with Gasteiger partial charge in [-0.3, -0.25) is 0 Å². The third kappa shape index (κ3) is 4.50. The first kappa shape index (κ1) is 28.3. The monoisotopic (exact) mass is 563 g/mol. The number of nitrogen functional groups attached to an aromatic ring is 1. The molecule has 0 radical (unpaired) electrons. The summed E-state index contributed by atoms with van der Waals surface area (Å²) in [6.45, 7) is 14.1. The molecule has 4 aliphatic heterocycles. The van der Waals surface area contributed by atoms with Gasteiger partial charge in [-0.1, -0.05) is 34.1 Å². The Morgan fingerprint density at radius 1 is 1.25 bits per heavy atom. The van der Waals surface area contributed by atoms with Gasteiger partial charge in [0, 0.05) is 42.0 Å². The van der Waals surface area contributed by atoms with Crippen molar-refractivity contribution in [2.24, 2.45) is 0 Å². The quantitative estimate of drug-likeness (QED) is 0.357. The van der Waals surface area contributed by atoms with Gasteiger partial charge in [0.1, 0.15) is 11.1 Å². The molecule has 0 saturated carbocycles. The summed E-state index contributed by atoms with van der Waals surface area (Å²) in [5, 5.41) is 17.9. The van der Waals surface area contributed by atoms with Gasteiger partial charge in [0.05, 0.1) is 35.2 Å². The van der Waals surface area contributed by atoms with E-state index in [1.165, 1.54) is 19.0 Å². The average Bonchev–Trinajstić information content (AvgIpc) is 3.68. The number of benzene rings is 1. The zero-order valence-corrected chi connectivity index (χ0v) is 24.8. The highest BCUT2D eigenvalue weighted by Crippen LogP contribution is 2.47. The molecule has 2 fully saturated rings. The number of ether oxygens (including phenoxy) is 1. The van der Waals surface area contributed by atoms with Gasteiger partial charge in [0.2, 0.25) is 5.95 Å². The predicted molar refractivity (Wildman–Crippen MR) is 160 cm³/mol.